The summed E-state index contributed by atoms with van der Waals surface area (Å²) in [7, 11) is 0. The van der Waals surface area contributed by atoms with Crippen molar-refractivity contribution in [3.05, 3.63) is 59.7 Å². The van der Waals surface area contributed by atoms with Gasteiger partial charge in [0.15, 0.2) is 0 Å². The van der Waals surface area contributed by atoms with Gasteiger partial charge in [-0.2, -0.15) is 13.2 Å². The first kappa shape index (κ1) is 18.0. The van der Waals surface area contributed by atoms with E-state index >= 15 is 0 Å². The molecular formula is C19H17F3N2O2. The summed E-state index contributed by atoms with van der Waals surface area (Å²) in [5, 5.41) is 2.49. The number of para-hydroxylation sites is 1. The van der Waals surface area contributed by atoms with E-state index in [0.29, 0.717) is 0 Å². The third-order valence-electron chi connectivity index (χ3n) is 4.36. The molecule has 0 saturated carbocycles. The fraction of sp³-hybridized carbons (Fsp3) is 0.263. The van der Waals surface area contributed by atoms with Crippen LogP contribution >= 0.6 is 0 Å². The molecule has 1 fully saturated rings. The maximum Gasteiger partial charge on any atom is 0.416 e. The number of carbonyl (C=O) groups excluding carboxylic acids is 2. The average Bonchev–Trinajstić information content (AvgIpc) is 2.97. The lowest BCUT2D eigenvalue weighted by Gasteiger charge is -2.19. The van der Waals surface area contributed by atoms with Gasteiger partial charge in [0, 0.05) is 24.3 Å². The molecule has 1 N–H and O–H groups in total. The van der Waals surface area contributed by atoms with Gasteiger partial charge in [-0.1, -0.05) is 24.3 Å². The molecule has 1 atom stereocenters. The van der Waals surface area contributed by atoms with Crippen molar-refractivity contribution in [3.63, 3.8) is 0 Å². The summed E-state index contributed by atoms with van der Waals surface area (Å²) < 4.78 is 38.3. The Morgan fingerprint density at radius 2 is 1.88 bits per heavy atom. The second kappa shape index (κ2) is 6.82. The summed E-state index contributed by atoms with van der Waals surface area (Å²) in [6, 6.07) is 11.8. The summed E-state index contributed by atoms with van der Waals surface area (Å²) >= 11 is 0. The number of aryl methyl sites for hydroxylation is 1. The summed E-state index contributed by atoms with van der Waals surface area (Å²) in [5.74, 6) is -1.26. The van der Waals surface area contributed by atoms with Crippen molar-refractivity contribution in [1.29, 1.82) is 0 Å². The lowest BCUT2D eigenvalue weighted by Crippen LogP contribution is -2.28. The minimum Gasteiger partial charge on any atom is -0.326 e. The van der Waals surface area contributed by atoms with E-state index in [1.54, 1.807) is 11.0 Å². The van der Waals surface area contributed by atoms with Gasteiger partial charge in [0.1, 0.15) is 0 Å². The zero-order valence-electron chi connectivity index (χ0n) is 14.0. The predicted molar refractivity (Wildman–Crippen MR) is 91.7 cm³/mol. The highest BCUT2D eigenvalue weighted by molar-refractivity contribution is 6.03. The highest BCUT2D eigenvalue weighted by atomic mass is 19.4. The van der Waals surface area contributed by atoms with Crippen molar-refractivity contribution in [3.8, 4) is 0 Å². The number of nitrogens with zero attached hydrogens (tertiary/aromatic N) is 1. The van der Waals surface area contributed by atoms with Crippen LogP contribution in [0.1, 0.15) is 17.5 Å². The molecule has 136 valence electrons. The first-order valence-electron chi connectivity index (χ1n) is 8.10. The molecule has 0 aromatic heterocycles. The number of anilines is 2. The standard InChI is InChI=1S/C19H17F3N2O2/c1-12-5-2-3-8-16(12)24-11-13(9-17(24)25)18(26)23-15-7-4-6-14(10-15)19(20,21)22/h2-8,10,13H,9,11H2,1H3,(H,23,26)/t13-/m1/s1. The lowest BCUT2D eigenvalue weighted by molar-refractivity contribution is -0.137. The second-order valence-electron chi connectivity index (χ2n) is 6.26. The number of hydrogen-bond acceptors (Lipinski definition) is 2. The van der Waals surface area contributed by atoms with Gasteiger partial charge in [-0.15, -0.1) is 0 Å². The van der Waals surface area contributed by atoms with E-state index < -0.39 is 23.6 Å². The van der Waals surface area contributed by atoms with Gasteiger partial charge >= 0.3 is 6.18 Å². The summed E-state index contributed by atoms with van der Waals surface area (Å²) in [6.07, 6.45) is -4.45. The number of halogens is 3. The molecule has 2 aromatic carbocycles. The Morgan fingerprint density at radius 3 is 2.58 bits per heavy atom. The van der Waals surface area contributed by atoms with Crippen molar-refractivity contribution in [2.45, 2.75) is 19.5 Å². The monoisotopic (exact) mass is 362 g/mol. The molecule has 1 heterocycles. The Hall–Kier alpha value is -2.83. The normalized spacial score (nSPS) is 17.5. The zero-order valence-corrected chi connectivity index (χ0v) is 14.0. The highest BCUT2D eigenvalue weighted by Gasteiger charge is 2.36. The molecule has 0 bridgehead atoms. The van der Waals surface area contributed by atoms with Gasteiger partial charge in [-0.3, -0.25) is 9.59 Å². The Kier molecular flexibility index (Phi) is 4.71. The number of nitrogens with one attached hydrogen (secondary N) is 1. The molecule has 1 aliphatic heterocycles. The van der Waals surface area contributed by atoms with Gasteiger partial charge in [0.2, 0.25) is 11.8 Å². The smallest absolute Gasteiger partial charge is 0.326 e. The summed E-state index contributed by atoms with van der Waals surface area (Å²) in [5.41, 5.74) is 0.887. The van der Waals surface area contributed by atoms with Crippen LogP contribution in [0.5, 0.6) is 0 Å². The van der Waals surface area contributed by atoms with Crippen molar-refractivity contribution < 1.29 is 22.8 Å². The van der Waals surface area contributed by atoms with Crippen LogP contribution in [0, 0.1) is 12.8 Å². The Balaban J connectivity index is 1.72. The number of rotatable bonds is 3. The second-order valence-corrected chi connectivity index (χ2v) is 6.26. The number of carbonyl (C=O) groups is 2. The fourth-order valence-corrected chi connectivity index (χ4v) is 3.00. The first-order chi connectivity index (χ1) is 12.3. The number of hydrogen-bond donors (Lipinski definition) is 1. The van der Waals surface area contributed by atoms with Crippen molar-refractivity contribution in [2.24, 2.45) is 5.92 Å². The largest absolute Gasteiger partial charge is 0.416 e. The van der Waals surface area contributed by atoms with Gasteiger partial charge in [0.25, 0.3) is 0 Å². The van der Waals surface area contributed by atoms with Crippen LogP contribution in [-0.2, 0) is 15.8 Å². The molecule has 4 nitrogen and oxygen atoms in total. The number of amides is 2. The van der Waals surface area contributed by atoms with Crippen LogP contribution in [0.25, 0.3) is 0 Å². The molecule has 1 aliphatic rings. The molecule has 26 heavy (non-hydrogen) atoms. The minimum absolute atomic E-state index is 0.0269. The van der Waals surface area contributed by atoms with E-state index in [1.807, 2.05) is 25.1 Å². The Labute approximate surface area is 148 Å². The zero-order chi connectivity index (χ0) is 18.9. The van der Waals surface area contributed by atoms with Crippen molar-refractivity contribution in [2.75, 3.05) is 16.8 Å². The summed E-state index contributed by atoms with van der Waals surface area (Å²) in [4.78, 5) is 26.2. The van der Waals surface area contributed by atoms with E-state index in [1.165, 1.54) is 12.1 Å². The predicted octanol–water partition coefficient (Wildman–Crippen LogP) is 4.01. The van der Waals surface area contributed by atoms with Crippen LogP contribution in [0.3, 0.4) is 0 Å². The van der Waals surface area contributed by atoms with Gasteiger partial charge in [-0.05, 0) is 36.8 Å². The summed E-state index contributed by atoms with van der Waals surface area (Å²) in [6.45, 7) is 2.08. The van der Waals surface area contributed by atoms with Gasteiger partial charge < -0.3 is 10.2 Å². The molecular weight excluding hydrogens is 345 g/mol. The van der Waals surface area contributed by atoms with Gasteiger partial charge in [-0.25, -0.2) is 0 Å². The quantitative estimate of drug-likeness (QED) is 0.897. The van der Waals surface area contributed by atoms with Crippen molar-refractivity contribution in [1.82, 2.24) is 0 Å². The van der Waals surface area contributed by atoms with E-state index in [-0.39, 0.29) is 24.6 Å². The molecule has 0 radical (unpaired) electrons. The van der Waals surface area contributed by atoms with E-state index in [2.05, 4.69) is 5.32 Å². The topological polar surface area (TPSA) is 49.4 Å². The van der Waals surface area contributed by atoms with Crippen LogP contribution in [0.2, 0.25) is 0 Å². The fourth-order valence-electron chi connectivity index (χ4n) is 3.00. The highest BCUT2D eigenvalue weighted by Crippen LogP contribution is 2.31. The molecule has 7 heteroatoms. The van der Waals surface area contributed by atoms with Crippen LogP contribution < -0.4 is 10.2 Å². The average molecular weight is 362 g/mol. The van der Waals surface area contributed by atoms with Crippen LogP contribution in [-0.4, -0.2) is 18.4 Å². The lowest BCUT2D eigenvalue weighted by atomic mass is 10.1. The van der Waals surface area contributed by atoms with Gasteiger partial charge in [0.05, 0.1) is 11.5 Å². The van der Waals surface area contributed by atoms with E-state index in [9.17, 15) is 22.8 Å². The Morgan fingerprint density at radius 1 is 1.15 bits per heavy atom. The van der Waals surface area contributed by atoms with Crippen LogP contribution in [0.4, 0.5) is 24.5 Å². The molecule has 2 aromatic rings. The van der Waals surface area contributed by atoms with E-state index in [0.717, 1.165) is 23.4 Å². The number of benzene rings is 2. The molecule has 0 aliphatic carbocycles. The molecule has 3 rings (SSSR count). The van der Waals surface area contributed by atoms with Crippen LogP contribution in [0.15, 0.2) is 48.5 Å². The Bertz CT molecular complexity index is 849. The molecule has 0 unspecified atom stereocenters. The maximum atomic E-state index is 12.8. The molecule has 2 amide bonds. The SMILES string of the molecule is Cc1ccccc1N1C[C@H](C(=O)Nc2cccc(C(F)(F)F)c2)CC1=O. The van der Waals surface area contributed by atoms with E-state index in [4.69, 9.17) is 0 Å². The third kappa shape index (κ3) is 3.71. The molecule has 0 spiro atoms. The first-order valence-corrected chi connectivity index (χ1v) is 8.10. The number of alkyl halides is 3. The van der Waals surface area contributed by atoms with Crippen molar-refractivity contribution >= 4 is 23.2 Å². The third-order valence-corrected chi connectivity index (χ3v) is 4.36. The minimum atomic E-state index is -4.48. The maximum absolute atomic E-state index is 12.8. The molecule has 1 saturated heterocycles.